The van der Waals surface area contributed by atoms with Crippen LogP contribution in [0.3, 0.4) is 0 Å². The van der Waals surface area contributed by atoms with Crippen LogP contribution in [0.15, 0.2) is 0 Å². The quantitative estimate of drug-likeness (QED) is 0.783. The summed E-state index contributed by atoms with van der Waals surface area (Å²) in [5, 5.41) is 3.50. The summed E-state index contributed by atoms with van der Waals surface area (Å²) in [4.78, 5) is 4.95. The summed E-state index contributed by atoms with van der Waals surface area (Å²) in [6, 6.07) is 0. The van der Waals surface area contributed by atoms with E-state index in [1.54, 1.807) is 0 Å². The first-order valence-electron chi connectivity index (χ1n) is 6.63. The molecular weight excluding hydrogens is 198 g/mol. The van der Waals surface area contributed by atoms with Crippen LogP contribution in [-0.2, 0) is 0 Å². The smallest absolute Gasteiger partial charge is 0.0165 e. The van der Waals surface area contributed by atoms with Gasteiger partial charge in [0.1, 0.15) is 0 Å². The lowest BCUT2D eigenvalue weighted by molar-refractivity contribution is 0.0965. The SMILES string of the molecule is CN(C)CCCN1CCCNCCC1(C)C. The van der Waals surface area contributed by atoms with E-state index in [0.29, 0.717) is 5.54 Å². The van der Waals surface area contributed by atoms with Crippen molar-refractivity contribution >= 4 is 0 Å². The fourth-order valence-electron chi connectivity index (χ4n) is 2.37. The van der Waals surface area contributed by atoms with Gasteiger partial charge < -0.3 is 10.2 Å². The summed E-state index contributed by atoms with van der Waals surface area (Å²) >= 11 is 0. The Kier molecular flexibility index (Phi) is 5.73. The molecule has 0 aliphatic carbocycles. The van der Waals surface area contributed by atoms with E-state index in [0.717, 1.165) is 6.54 Å². The molecule has 0 aromatic heterocycles. The highest BCUT2D eigenvalue weighted by atomic mass is 15.2. The monoisotopic (exact) mass is 227 g/mol. The predicted octanol–water partition coefficient (Wildman–Crippen LogP) is 1.40. The zero-order valence-corrected chi connectivity index (χ0v) is 11.6. The van der Waals surface area contributed by atoms with Crippen molar-refractivity contribution in [2.24, 2.45) is 0 Å². The third-order valence-electron chi connectivity index (χ3n) is 3.58. The lowest BCUT2D eigenvalue weighted by Crippen LogP contribution is -2.49. The van der Waals surface area contributed by atoms with Crippen LogP contribution in [0.5, 0.6) is 0 Å². The third-order valence-corrected chi connectivity index (χ3v) is 3.58. The van der Waals surface area contributed by atoms with Gasteiger partial charge in [-0.2, -0.15) is 0 Å². The molecule has 0 amide bonds. The standard InChI is InChI=1S/C13H29N3/c1-13(2)7-9-14-8-5-11-16(13)12-6-10-15(3)4/h14H,5-12H2,1-4H3. The Bertz CT molecular complexity index is 190. The van der Waals surface area contributed by atoms with Crippen LogP contribution in [0.2, 0.25) is 0 Å². The Labute approximate surface area is 101 Å². The van der Waals surface area contributed by atoms with Gasteiger partial charge >= 0.3 is 0 Å². The Morgan fingerprint density at radius 2 is 2.00 bits per heavy atom. The van der Waals surface area contributed by atoms with Crippen molar-refractivity contribution in [2.45, 2.75) is 38.6 Å². The summed E-state index contributed by atoms with van der Waals surface area (Å²) < 4.78 is 0. The van der Waals surface area contributed by atoms with Crippen molar-refractivity contribution in [3.8, 4) is 0 Å². The van der Waals surface area contributed by atoms with Gasteiger partial charge in [-0.25, -0.2) is 0 Å². The van der Waals surface area contributed by atoms with Crippen LogP contribution in [0.4, 0.5) is 0 Å². The first-order chi connectivity index (χ1) is 7.52. The fourth-order valence-corrected chi connectivity index (χ4v) is 2.37. The van der Waals surface area contributed by atoms with Crippen LogP contribution in [0.1, 0.15) is 33.1 Å². The summed E-state index contributed by atoms with van der Waals surface area (Å²) in [6.07, 6.45) is 3.82. The molecule has 1 rings (SSSR count). The van der Waals surface area contributed by atoms with Gasteiger partial charge in [0.15, 0.2) is 0 Å². The Morgan fingerprint density at radius 1 is 1.25 bits per heavy atom. The number of rotatable bonds is 4. The van der Waals surface area contributed by atoms with Gasteiger partial charge in [-0.15, -0.1) is 0 Å². The number of hydrogen-bond acceptors (Lipinski definition) is 3. The van der Waals surface area contributed by atoms with Gasteiger partial charge in [-0.05, 0) is 79.9 Å². The second-order valence-electron chi connectivity index (χ2n) is 5.81. The maximum absolute atomic E-state index is 3.50. The van der Waals surface area contributed by atoms with E-state index in [1.165, 1.54) is 45.4 Å². The van der Waals surface area contributed by atoms with Crippen LogP contribution in [-0.4, -0.2) is 62.2 Å². The highest BCUT2D eigenvalue weighted by molar-refractivity contribution is 4.84. The maximum atomic E-state index is 3.50. The molecule has 3 nitrogen and oxygen atoms in total. The predicted molar refractivity (Wildman–Crippen MR) is 70.9 cm³/mol. The second kappa shape index (κ2) is 6.58. The summed E-state index contributed by atoms with van der Waals surface area (Å²) in [7, 11) is 4.31. The van der Waals surface area contributed by atoms with Crippen LogP contribution in [0.25, 0.3) is 0 Å². The van der Waals surface area contributed by atoms with E-state index in [2.05, 4.69) is 43.1 Å². The molecule has 1 heterocycles. The summed E-state index contributed by atoms with van der Waals surface area (Å²) in [5.74, 6) is 0. The number of nitrogens with one attached hydrogen (secondary N) is 1. The van der Waals surface area contributed by atoms with E-state index in [1.807, 2.05) is 0 Å². The lowest BCUT2D eigenvalue weighted by atomic mass is 9.96. The Hall–Kier alpha value is -0.120. The fraction of sp³-hybridized carbons (Fsp3) is 1.00. The molecule has 96 valence electrons. The van der Waals surface area contributed by atoms with Gasteiger partial charge in [-0.3, -0.25) is 4.90 Å². The lowest BCUT2D eigenvalue weighted by Gasteiger charge is -2.40. The third kappa shape index (κ3) is 4.81. The van der Waals surface area contributed by atoms with E-state index in [-0.39, 0.29) is 0 Å². The van der Waals surface area contributed by atoms with Crippen molar-refractivity contribution in [2.75, 3.05) is 46.8 Å². The van der Waals surface area contributed by atoms with Gasteiger partial charge in [-0.1, -0.05) is 0 Å². The van der Waals surface area contributed by atoms with Gasteiger partial charge in [0.25, 0.3) is 0 Å². The minimum Gasteiger partial charge on any atom is -0.317 e. The molecule has 1 fully saturated rings. The molecule has 0 aromatic carbocycles. The van der Waals surface area contributed by atoms with Gasteiger partial charge in [0.05, 0.1) is 0 Å². The molecule has 0 spiro atoms. The Balaban J connectivity index is 2.39. The minimum absolute atomic E-state index is 0.361. The first-order valence-corrected chi connectivity index (χ1v) is 6.63. The highest BCUT2D eigenvalue weighted by Gasteiger charge is 2.26. The molecule has 3 heteroatoms. The van der Waals surface area contributed by atoms with Crippen molar-refractivity contribution in [3.63, 3.8) is 0 Å². The normalized spacial score (nSPS) is 23.1. The van der Waals surface area contributed by atoms with Crippen molar-refractivity contribution in [1.29, 1.82) is 0 Å². The molecule has 0 saturated carbocycles. The zero-order valence-electron chi connectivity index (χ0n) is 11.6. The largest absolute Gasteiger partial charge is 0.317 e. The van der Waals surface area contributed by atoms with Gasteiger partial charge in [0, 0.05) is 5.54 Å². The summed E-state index contributed by atoms with van der Waals surface area (Å²) in [6.45, 7) is 10.8. The molecule has 1 aliphatic heterocycles. The van der Waals surface area contributed by atoms with Crippen LogP contribution < -0.4 is 5.32 Å². The average Bonchev–Trinajstić information content (AvgIpc) is 2.17. The number of hydrogen-bond donors (Lipinski definition) is 1. The molecule has 0 radical (unpaired) electrons. The average molecular weight is 227 g/mol. The maximum Gasteiger partial charge on any atom is 0.0165 e. The van der Waals surface area contributed by atoms with Crippen molar-refractivity contribution in [3.05, 3.63) is 0 Å². The van der Waals surface area contributed by atoms with E-state index < -0.39 is 0 Å². The molecule has 1 N–H and O–H groups in total. The minimum atomic E-state index is 0.361. The molecule has 0 unspecified atom stereocenters. The summed E-state index contributed by atoms with van der Waals surface area (Å²) in [5.41, 5.74) is 0.361. The van der Waals surface area contributed by atoms with Crippen LogP contribution >= 0.6 is 0 Å². The van der Waals surface area contributed by atoms with Gasteiger partial charge in [0.2, 0.25) is 0 Å². The highest BCUT2D eigenvalue weighted by Crippen LogP contribution is 2.20. The first kappa shape index (κ1) is 13.9. The van der Waals surface area contributed by atoms with E-state index in [4.69, 9.17) is 0 Å². The molecule has 16 heavy (non-hydrogen) atoms. The van der Waals surface area contributed by atoms with E-state index >= 15 is 0 Å². The molecule has 1 saturated heterocycles. The van der Waals surface area contributed by atoms with Crippen molar-refractivity contribution in [1.82, 2.24) is 15.1 Å². The van der Waals surface area contributed by atoms with Crippen LogP contribution in [0, 0.1) is 0 Å². The molecule has 0 bridgehead atoms. The Morgan fingerprint density at radius 3 is 2.69 bits per heavy atom. The van der Waals surface area contributed by atoms with Crippen molar-refractivity contribution < 1.29 is 0 Å². The topological polar surface area (TPSA) is 18.5 Å². The zero-order chi connectivity index (χ0) is 12.0. The molecule has 1 aliphatic rings. The molecule has 0 aromatic rings. The van der Waals surface area contributed by atoms with E-state index in [9.17, 15) is 0 Å². The second-order valence-corrected chi connectivity index (χ2v) is 5.81. The molecule has 0 atom stereocenters. The number of nitrogens with zero attached hydrogens (tertiary/aromatic N) is 2. The molecular formula is C13H29N3.